The van der Waals surface area contributed by atoms with Crippen LogP contribution in [0.2, 0.25) is 0 Å². The van der Waals surface area contributed by atoms with Gasteiger partial charge in [-0.2, -0.15) is 5.10 Å². The van der Waals surface area contributed by atoms with Crippen molar-refractivity contribution in [3.05, 3.63) is 18.0 Å². The lowest BCUT2D eigenvalue weighted by atomic mass is 10.4. The maximum atomic E-state index is 8.25. The first-order valence-electron chi connectivity index (χ1n) is 2.71. The van der Waals surface area contributed by atoms with E-state index in [0.717, 1.165) is 0 Å². The number of nitrogens with two attached hydrogens (primary N) is 1. The van der Waals surface area contributed by atoms with Crippen molar-refractivity contribution in [2.75, 3.05) is 0 Å². The van der Waals surface area contributed by atoms with Crippen LogP contribution in [0, 0.1) is 0 Å². The molecule has 0 aliphatic heterocycles. The van der Waals surface area contributed by atoms with Crippen LogP contribution in [0.3, 0.4) is 0 Å². The maximum Gasteiger partial charge on any atom is 0.188 e. The smallest absolute Gasteiger partial charge is 0.188 e. The number of aromatic nitrogens is 2. The summed E-state index contributed by atoms with van der Waals surface area (Å²) in [6.45, 7) is 0. The summed E-state index contributed by atoms with van der Waals surface area (Å²) in [6.07, 6.45) is 1.58. The van der Waals surface area contributed by atoms with Gasteiger partial charge in [-0.25, -0.2) is 0 Å². The predicted octanol–water partition coefficient (Wildman–Crippen LogP) is -0.485. The minimum atomic E-state index is 0.0694. The molecule has 0 fully saturated rings. The highest BCUT2D eigenvalue weighted by Crippen LogP contribution is 1.93. The Labute approximate surface area is 57.8 Å². The van der Waals surface area contributed by atoms with Crippen molar-refractivity contribution in [1.29, 1.82) is 0 Å². The fraction of sp³-hybridized carbons (Fsp3) is 0.200. The Bertz CT molecular complexity index is 252. The van der Waals surface area contributed by atoms with E-state index in [4.69, 9.17) is 10.9 Å². The van der Waals surface area contributed by atoms with Gasteiger partial charge in [0.15, 0.2) is 5.84 Å². The Balaban J connectivity index is 3.05. The summed E-state index contributed by atoms with van der Waals surface area (Å²) >= 11 is 0. The van der Waals surface area contributed by atoms with E-state index in [1.807, 2.05) is 0 Å². The van der Waals surface area contributed by atoms with Crippen molar-refractivity contribution in [2.24, 2.45) is 17.9 Å². The Morgan fingerprint density at radius 1 is 1.90 bits per heavy atom. The van der Waals surface area contributed by atoms with Crippen LogP contribution >= 0.6 is 0 Å². The second-order valence-electron chi connectivity index (χ2n) is 1.83. The van der Waals surface area contributed by atoms with E-state index in [9.17, 15) is 0 Å². The second-order valence-corrected chi connectivity index (χ2v) is 1.83. The summed E-state index contributed by atoms with van der Waals surface area (Å²) in [5, 5.41) is 14.9. The summed E-state index contributed by atoms with van der Waals surface area (Å²) in [5.41, 5.74) is 5.88. The van der Waals surface area contributed by atoms with Crippen LogP contribution in [-0.4, -0.2) is 20.8 Å². The van der Waals surface area contributed by atoms with Crippen LogP contribution in [0.15, 0.2) is 17.4 Å². The zero-order valence-electron chi connectivity index (χ0n) is 5.52. The van der Waals surface area contributed by atoms with E-state index in [2.05, 4.69) is 10.3 Å². The first-order chi connectivity index (χ1) is 4.75. The highest BCUT2D eigenvalue weighted by molar-refractivity contribution is 5.95. The molecule has 0 radical (unpaired) electrons. The molecule has 1 rings (SSSR count). The van der Waals surface area contributed by atoms with Crippen molar-refractivity contribution < 1.29 is 5.21 Å². The fourth-order valence-electron chi connectivity index (χ4n) is 0.676. The van der Waals surface area contributed by atoms with E-state index < -0.39 is 0 Å². The van der Waals surface area contributed by atoms with E-state index in [1.165, 1.54) is 4.68 Å². The van der Waals surface area contributed by atoms with Gasteiger partial charge in [0, 0.05) is 13.2 Å². The fourth-order valence-corrected chi connectivity index (χ4v) is 0.676. The van der Waals surface area contributed by atoms with Crippen molar-refractivity contribution in [3.8, 4) is 0 Å². The molecule has 0 aliphatic carbocycles. The summed E-state index contributed by atoms with van der Waals surface area (Å²) < 4.78 is 1.52. The van der Waals surface area contributed by atoms with Gasteiger partial charge in [-0.05, 0) is 6.07 Å². The molecule has 0 bridgehead atoms. The van der Waals surface area contributed by atoms with Crippen LogP contribution in [0.25, 0.3) is 0 Å². The number of hydrogen-bond donors (Lipinski definition) is 2. The lowest BCUT2D eigenvalue weighted by Gasteiger charge is -1.96. The summed E-state index contributed by atoms with van der Waals surface area (Å²) in [7, 11) is 1.72. The van der Waals surface area contributed by atoms with Crippen LogP contribution < -0.4 is 5.73 Å². The zero-order valence-corrected chi connectivity index (χ0v) is 5.52. The minimum absolute atomic E-state index is 0.0694. The van der Waals surface area contributed by atoms with Crippen molar-refractivity contribution in [3.63, 3.8) is 0 Å². The molecule has 3 N–H and O–H groups in total. The third kappa shape index (κ3) is 0.928. The summed E-state index contributed by atoms with van der Waals surface area (Å²) in [6, 6.07) is 1.66. The second kappa shape index (κ2) is 2.38. The third-order valence-electron chi connectivity index (χ3n) is 1.19. The third-order valence-corrected chi connectivity index (χ3v) is 1.19. The number of nitrogens with zero attached hydrogens (tertiary/aromatic N) is 3. The Kier molecular flexibility index (Phi) is 1.57. The molecule has 1 aromatic heterocycles. The van der Waals surface area contributed by atoms with Gasteiger partial charge in [-0.15, -0.1) is 0 Å². The van der Waals surface area contributed by atoms with Gasteiger partial charge in [-0.3, -0.25) is 4.68 Å². The molecule has 0 amide bonds. The van der Waals surface area contributed by atoms with Gasteiger partial charge >= 0.3 is 0 Å². The van der Waals surface area contributed by atoms with Gasteiger partial charge in [0.1, 0.15) is 5.69 Å². The topological polar surface area (TPSA) is 76.4 Å². The molecule has 0 saturated heterocycles. The summed E-state index contributed by atoms with van der Waals surface area (Å²) in [4.78, 5) is 0. The molecule has 0 atom stereocenters. The molecule has 1 aromatic rings. The summed E-state index contributed by atoms with van der Waals surface area (Å²) in [5.74, 6) is 0.0694. The van der Waals surface area contributed by atoms with Crippen LogP contribution in [0.1, 0.15) is 5.69 Å². The van der Waals surface area contributed by atoms with Crippen LogP contribution in [0.5, 0.6) is 0 Å². The normalized spacial score (nSPS) is 11.9. The average molecular weight is 140 g/mol. The molecule has 54 valence electrons. The lowest BCUT2D eigenvalue weighted by Crippen LogP contribution is -2.17. The predicted molar refractivity (Wildman–Crippen MR) is 35.7 cm³/mol. The number of aryl methyl sites for hydroxylation is 1. The number of oxime groups is 1. The zero-order chi connectivity index (χ0) is 7.56. The van der Waals surface area contributed by atoms with E-state index in [1.54, 1.807) is 19.3 Å². The van der Waals surface area contributed by atoms with Gasteiger partial charge in [0.05, 0.1) is 0 Å². The lowest BCUT2D eigenvalue weighted by molar-refractivity contribution is 0.318. The first kappa shape index (κ1) is 6.60. The molecule has 5 heteroatoms. The number of rotatable bonds is 1. The average Bonchev–Trinajstić information content (AvgIpc) is 2.34. The highest BCUT2D eigenvalue weighted by atomic mass is 16.4. The molecule has 1 heterocycles. The number of amidine groups is 1. The van der Waals surface area contributed by atoms with Crippen molar-refractivity contribution in [2.45, 2.75) is 0 Å². The first-order valence-corrected chi connectivity index (χ1v) is 2.71. The SMILES string of the molecule is Cn1nccc1C(N)=NO. The molecule has 0 unspecified atom stereocenters. The molecule has 0 spiro atoms. The minimum Gasteiger partial charge on any atom is -0.409 e. The molecular formula is C5H8N4O. The molecule has 0 saturated carbocycles. The van der Waals surface area contributed by atoms with Gasteiger partial charge in [0.2, 0.25) is 0 Å². The molecular weight excluding hydrogens is 132 g/mol. The van der Waals surface area contributed by atoms with E-state index >= 15 is 0 Å². The molecule has 0 aliphatic rings. The van der Waals surface area contributed by atoms with Crippen molar-refractivity contribution in [1.82, 2.24) is 9.78 Å². The Morgan fingerprint density at radius 3 is 3.00 bits per heavy atom. The Morgan fingerprint density at radius 2 is 2.60 bits per heavy atom. The largest absolute Gasteiger partial charge is 0.409 e. The van der Waals surface area contributed by atoms with Crippen LogP contribution in [-0.2, 0) is 7.05 Å². The van der Waals surface area contributed by atoms with E-state index in [-0.39, 0.29) is 5.84 Å². The molecule has 5 nitrogen and oxygen atoms in total. The standard InChI is InChI=1S/C5H8N4O/c1-9-4(2-3-7-9)5(6)8-10/h2-3,10H,1H3,(H2,6,8). The molecule has 0 aromatic carbocycles. The monoisotopic (exact) mass is 140 g/mol. The van der Waals surface area contributed by atoms with Gasteiger partial charge in [0.25, 0.3) is 0 Å². The van der Waals surface area contributed by atoms with E-state index in [0.29, 0.717) is 5.69 Å². The maximum absolute atomic E-state index is 8.25. The van der Waals surface area contributed by atoms with Crippen LogP contribution in [0.4, 0.5) is 0 Å². The van der Waals surface area contributed by atoms with Gasteiger partial charge in [-0.1, -0.05) is 5.16 Å². The molecule has 10 heavy (non-hydrogen) atoms. The highest BCUT2D eigenvalue weighted by Gasteiger charge is 2.01. The Hall–Kier alpha value is -1.52. The van der Waals surface area contributed by atoms with Crippen molar-refractivity contribution >= 4 is 5.84 Å². The quantitative estimate of drug-likeness (QED) is 0.239. The van der Waals surface area contributed by atoms with Gasteiger partial charge < -0.3 is 10.9 Å². The number of hydrogen-bond acceptors (Lipinski definition) is 3.